The Morgan fingerprint density at radius 3 is 3.12 bits per heavy atom. The maximum absolute atomic E-state index is 3.88. The minimum atomic E-state index is 0.801. The van der Waals surface area contributed by atoms with E-state index >= 15 is 0 Å². The van der Waals surface area contributed by atoms with E-state index in [-0.39, 0.29) is 0 Å². The van der Waals surface area contributed by atoms with Gasteiger partial charge in [0.15, 0.2) is 0 Å². The van der Waals surface area contributed by atoms with E-state index in [1.807, 2.05) is 0 Å². The van der Waals surface area contributed by atoms with Crippen LogP contribution in [0.15, 0.2) is 24.8 Å². The first-order valence-corrected chi connectivity index (χ1v) is 7.12. The van der Waals surface area contributed by atoms with Gasteiger partial charge < -0.3 is 0 Å². The summed E-state index contributed by atoms with van der Waals surface area (Å²) in [6.07, 6.45) is 15.9. The third kappa shape index (κ3) is 0.972. The molecule has 0 amide bonds. The summed E-state index contributed by atoms with van der Waals surface area (Å²) >= 11 is 0. The summed E-state index contributed by atoms with van der Waals surface area (Å²) < 4.78 is 0. The molecule has 0 aromatic heterocycles. The van der Waals surface area contributed by atoms with Gasteiger partial charge in [-0.3, -0.25) is 0 Å². The lowest BCUT2D eigenvalue weighted by molar-refractivity contribution is 0.143. The molecule has 3 saturated carbocycles. The van der Waals surface area contributed by atoms with Crippen LogP contribution in [0.1, 0.15) is 38.5 Å². The van der Waals surface area contributed by atoms with Crippen molar-refractivity contribution in [3.8, 4) is 0 Å². The van der Waals surface area contributed by atoms with Gasteiger partial charge >= 0.3 is 0 Å². The molecule has 6 atom stereocenters. The van der Waals surface area contributed by atoms with Crippen LogP contribution in [0.4, 0.5) is 0 Å². The van der Waals surface area contributed by atoms with Gasteiger partial charge in [-0.1, -0.05) is 18.2 Å². The minimum absolute atomic E-state index is 0.801. The van der Waals surface area contributed by atoms with Gasteiger partial charge in [0, 0.05) is 0 Å². The highest BCUT2D eigenvalue weighted by Crippen LogP contribution is 2.75. The monoisotopic (exact) mass is 214 g/mol. The first-order chi connectivity index (χ1) is 7.84. The summed E-state index contributed by atoms with van der Waals surface area (Å²) in [4.78, 5) is 0. The predicted molar refractivity (Wildman–Crippen MR) is 66.9 cm³/mol. The molecule has 6 unspecified atom stereocenters. The van der Waals surface area contributed by atoms with Gasteiger partial charge in [-0.25, -0.2) is 0 Å². The van der Waals surface area contributed by atoms with Crippen molar-refractivity contribution < 1.29 is 0 Å². The molecule has 0 saturated heterocycles. The topological polar surface area (TPSA) is 0 Å². The van der Waals surface area contributed by atoms with E-state index in [2.05, 4.69) is 24.8 Å². The van der Waals surface area contributed by atoms with Crippen molar-refractivity contribution in [2.75, 3.05) is 0 Å². The Morgan fingerprint density at radius 2 is 2.25 bits per heavy atom. The SMILES string of the molecule is C=CCCC1CC23CC4C=CCC2C4C1C3. The molecule has 0 heterocycles. The van der Waals surface area contributed by atoms with Crippen LogP contribution < -0.4 is 0 Å². The van der Waals surface area contributed by atoms with Crippen molar-refractivity contribution in [3.63, 3.8) is 0 Å². The Hall–Kier alpha value is -0.520. The van der Waals surface area contributed by atoms with E-state index in [4.69, 9.17) is 0 Å². The number of rotatable bonds is 3. The fraction of sp³-hybridized carbons (Fsp3) is 0.750. The lowest BCUT2D eigenvalue weighted by Gasteiger charge is -2.36. The Kier molecular flexibility index (Phi) is 1.80. The van der Waals surface area contributed by atoms with E-state index in [0.717, 1.165) is 35.0 Å². The lowest BCUT2D eigenvalue weighted by atomic mass is 9.68. The van der Waals surface area contributed by atoms with Gasteiger partial charge in [0.2, 0.25) is 0 Å². The Morgan fingerprint density at radius 1 is 1.31 bits per heavy atom. The van der Waals surface area contributed by atoms with E-state index in [1.165, 1.54) is 19.3 Å². The molecule has 0 nitrogen and oxygen atoms in total. The average Bonchev–Trinajstić information content (AvgIpc) is 2.82. The Balaban J connectivity index is 1.62. The van der Waals surface area contributed by atoms with Crippen LogP contribution in [0.3, 0.4) is 0 Å². The van der Waals surface area contributed by atoms with Crippen LogP contribution >= 0.6 is 0 Å². The summed E-state index contributed by atoms with van der Waals surface area (Å²) in [7, 11) is 0. The zero-order valence-corrected chi connectivity index (χ0v) is 10.1. The van der Waals surface area contributed by atoms with Crippen LogP contribution in [0.2, 0.25) is 0 Å². The normalized spacial score (nSPS) is 55.9. The number of hydrogen-bond donors (Lipinski definition) is 0. The van der Waals surface area contributed by atoms with Crippen molar-refractivity contribution in [1.29, 1.82) is 0 Å². The zero-order chi connectivity index (χ0) is 10.8. The smallest absolute Gasteiger partial charge is 0.0194 e. The molecule has 4 aliphatic carbocycles. The maximum Gasteiger partial charge on any atom is -0.0194 e. The zero-order valence-electron chi connectivity index (χ0n) is 10.1. The molecule has 3 fully saturated rings. The molecule has 0 aromatic carbocycles. The number of allylic oxidation sites excluding steroid dienone is 3. The van der Waals surface area contributed by atoms with Gasteiger partial charge in [-0.15, -0.1) is 6.58 Å². The van der Waals surface area contributed by atoms with Crippen molar-refractivity contribution in [1.82, 2.24) is 0 Å². The van der Waals surface area contributed by atoms with Crippen molar-refractivity contribution >= 4 is 0 Å². The molecule has 0 aromatic rings. The van der Waals surface area contributed by atoms with Crippen LogP contribution in [-0.4, -0.2) is 0 Å². The Bertz CT molecular complexity index is 353. The molecule has 0 radical (unpaired) electrons. The Labute approximate surface area is 98.8 Å². The van der Waals surface area contributed by atoms with E-state index in [1.54, 1.807) is 19.3 Å². The molecule has 4 aliphatic rings. The highest BCUT2D eigenvalue weighted by atomic mass is 14.7. The van der Waals surface area contributed by atoms with Gasteiger partial charge in [0.1, 0.15) is 0 Å². The second-order valence-corrected chi connectivity index (χ2v) is 6.78. The lowest BCUT2D eigenvalue weighted by Crippen LogP contribution is -2.30. The van der Waals surface area contributed by atoms with Crippen LogP contribution in [-0.2, 0) is 0 Å². The molecule has 4 rings (SSSR count). The molecule has 16 heavy (non-hydrogen) atoms. The summed E-state index contributed by atoms with van der Waals surface area (Å²) in [6, 6.07) is 0. The van der Waals surface area contributed by atoms with Crippen LogP contribution in [0.5, 0.6) is 0 Å². The third-order valence-electron chi connectivity index (χ3n) is 6.31. The van der Waals surface area contributed by atoms with Gasteiger partial charge in [-0.2, -0.15) is 0 Å². The molecular weight excluding hydrogens is 192 g/mol. The maximum atomic E-state index is 3.88. The molecule has 5 bridgehead atoms. The number of fused-ring (bicyclic) bond motifs is 1. The van der Waals surface area contributed by atoms with Crippen molar-refractivity contribution in [2.24, 2.45) is 35.0 Å². The highest BCUT2D eigenvalue weighted by Gasteiger charge is 2.67. The van der Waals surface area contributed by atoms with E-state index in [0.29, 0.717) is 0 Å². The van der Waals surface area contributed by atoms with Crippen molar-refractivity contribution in [2.45, 2.75) is 38.5 Å². The molecular formula is C16H22. The summed E-state index contributed by atoms with van der Waals surface area (Å²) in [5, 5.41) is 0. The quantitative estimate of drug-likeness (QED) is 0.618. The second-order valence-electron chi connectivity index (χ2n) is 6.78. The summed E-state index contributed by atoms with van der Waals surface area (Å²) in [5.41, 5.74) is 0.801. The van der Waals surface area contributed by atoms with E-state index < -0.39 is 0 Å². The number of hydrogen-bond acceptors (Lipinski definition) is 0. The van der Waals surface area contributed by atoms with Gasteiger partial charge in [-0.05, 0) is 73.5 Å². The molecule has 0 aliphatic heterocycles. The molecule has 86 valence electrons. The predicted octanol–water partition coefficient (Wildman–Crippen LogP) is 4.19. The van der Waals surface area contributed by atoms with Crippen molar-refractivity contribution in [3.05, 3.63) is 24.8 Å². The standard InChI is InChI=1S/C16H22/c1-2-3-5-11-8-16-9-12-6-4-7-14(16)15(12)13(11)10-16/h2,4,6,11-15H,1,3,5,7-10H2. The average molecular weight is 214 g/mol. The highest BCUT2D eigenvalue weighted by molar-refractivity contribution is 5.23. The summed E-state index contributed by atoms with van der Waals surface area (Å²) in [5.74, 6) is 5.30. The largest absolute Gasteiger partial charge is 0.103 e. The fourth-order valence-corrected chi connectivity index (χ4v) is 6.04. The van der Waals surface area contributed by atoms with Crippen LogP contribution in [0, 0.1) is 35.0 Å². The summed E-state index contributed by atoms with van der Waals surface area (Å²) in [6.45, 7) is 3.88. The first kappa shape index (κ1) is 9.50. The van der Waals surface area contributed by atoms with Gasteiger partial charge in [0.25, 0.3) is 0 Å². The fourth-order valence-electron chi connectivity index (χ4n) is 6.04. The third-order valence-corrected chi connectivity index (χ3v) is 6.31. The van der Waals surface area contributed by atoms with E-state index in [9.17, 15) is 0 Å². The first-order valence-electron chi connectivity index (χ1n) is 7.12. The van der Waals surface area contributed by atoms with Crippen LogP contribution in [0.25, 0.3) is 0 Å². The van der Waals surface area contributed by atoms with Gasteiger partial charge in [0.05, 0.1) is 0 Å². The molecule has 0 N–H and O–H groups in total. The minimum Gasteiger partial charge on any atom is -0.103 e. The molecule has 1 spiro atoms. The second kappa shape index (κ2) is 3.03. The molecule has 0 heteroatoms.